The molecule has 0 aromatic carbocycles. The SMILES string of the molecule is CCCN1CC2=C3C(=CCCC31)C1OC=CNC1CC2.Cl. The van der Waals surface area contributed by atoms with Crippen LogP contribution in [0, 0.1) is 0 Å². The van der Waals surface area contributed by atoms with Crippen LogP contribution in [0.4, 0.5) is 0 Å². The van der Waals surface area contributed by atoms with Gasteiger partial charge in [0, 0.05) is 18.8 Å². The summed E-state index contributed by atoms with van der Waals surface area (Å²) in [5.41, 5.74) is 4.83. The summed E-state index contributed by atoms with van der Waals surface area (Å²) in [5, 5.41) is 3.50. The molecular formula is C17H25ClN2O. The van der Waals surface area contributed by atoms with Gasteiger partial charge in [0.05, 0.1) is 12.3 Å². The van der Waals surface area contributed by atoms with Crippen molar-refractivity contribution < 1.29 is 4.74 Å². The van der Waals surface area contributed by atoms with Crippen LogP contribution in [0.5, 0.6) is 0 Å². The van der Waals surface area contributed by atoms with Gasteiger partial charge in [0.25, 0.3) is 0 Å². The van der Waals surface area contributed by atoms with Crippen LogP contribution in [0.15, 0.2) is 35.3 Å². The smallest absolute Gasteiger partial charge is 0.143 e. The van der Waals surface area contributed by atoms with Gasteiger partial charge < -0.3 is 10.1 Å². The van der Waals surface area contributed by atoms with E-state index in [1.165, 1.54) is 50.8 Å². The van der Waals surface area contributed by atoms with E-state index in [0.29, 0.717) is 12.1 Å². The number of nitrogens with zero attached hydrogens (tertiary/aromatic N) is 1. The molecule has 3 unspecified atom stereocenters. The molecule has 0 spiro atoms. The fraction of sp³-hybridized carbons (Fsp3) is 0.647. The number of allylic oxidation sites excluding steroid dienone is 1. The van der Waals surface area contributed by atoms with E-state index in [1.54, 1.807) is 11.1 Å². The first-order valence-corrected chi connectivity index (χ1v) is 8.11. The lowest BCUT2D eigenvalue weighted by Gasteiger charge is -2.36. The Morgan fingerprint density at radius 3 is 3.14 bits per heavy atom. The van der Waals surface area contributed by atoms with Crippen LogP contribution >= 0.6 is 12.4 Å². The van der Waals surface area contributed by atoms with E-state index in [4.69, 9.17) is 4.74 Å². The third-order valence-electron chi connectivity index (χ3n) is 5.21. The molecule has 2 aliphatic heterocycles. The van der Waals surface area contributed by atoms with Crippen LogP contribution in [0.2, 0.25) is 0 Å². The molecule has 4 aliphatic rings. The summed E-state index contributed by atoms with van der Waals surface area (Å²) in [7, 11) is 0. The van der Waals surface area contributed by atoms with Crippen LogP contribution in [0.1, 0.15) is 39.0 Å². The van der Waals surface area contributed by atoms with Crippen molar-refractivity contribution in [2.45, 2.75) is 57.2 Å². The largest absolute Gasteiger partial charge is 0.490 e. The van der Waals surface area contributed by atoms with Crippen molar-refractivity contribution >= 4 is 12.4 Å². The molecule has 0 saturated heterocycles. The Morgan fingerprint density at radius 1 is 1.38 bits per heavy atom. The van der Waals surface area contributed by atoms with Crippen molar-refractivity contribution in [1.82, 2.24) is 10.2 Å². The molecule has 0 bridgehead atoms. The molecule has 2 heterocycles. The van der Waals surface area contributed by atoms with Gasteiger partial charge in [-0.25, -0.2) is 0 Å². The predicted octanol–water partition coefficient (Wildman–Crippen LogP) is 3.14. The highest BCUT2D eigenvalue weighted by Crippen LogP contribution is 2.43. The fourth-order valence-corrected chi connectivity index (χ4v) is 4.42. The van der Waals surface area contributed by atoms with Gasteiger partial charge in [0.2, 0.25) is 0 Å². The van der Waals surface area contributed by atoms with Crippen molar-refractivity contribution in [3.05, 3.63) is 35.3 Å². The minimum absolute atomic E-state index is 0. The summed E-state index contributed by atoms with van der Waals surface area (Å²) in [4.78, 5) is 2.70. The number of hydrogen-bond donors (Lipinski definition) is 1. The lowest BCUT2D eigenvalue weighted by atomic mass is 9.84. The Hall–Kier alpha value is -0.930. The maximum Gasteiger partial charge on any atom is 0.143 e. The lowest BCUT2D eigenvalue weighted by Crippen LogP contribution is -2.44. The van der Waals surface area contributed by atoms with E-state index >= 15 is 0 Å². The summed E-state index contributed by atoms with van der Waals surface area (Å²) in [6, 6.07) is 1.12. The summed E-state index contributed by atoms with van der Waals surface area (Å²) in [5.74, 6) is 0. The average molecular weight is 309 g/mol. The highest BCUT2D eigenvalue weighted by Gasteiger charge is 2.42. The Morgan fingerprint density at radius 2 is 2.29 bits per heavy atom. The van der Waals surface area contributed by atoms with E-state index in [2.05, 4.69) is 23.2 Å². The zero-order chi connectivity index (χ0) is 13.5. The molecule has 3 atom stereocenters. The first-order valence-electron chi connectivity index (χ1n) is 8.11. The molecule has 116 valence electrons. The maximum atomic E-state index is 5.99. The van der Waals surface area contributed by atoms with Crippen molar-refractivity contribution in [3.8, 4) is 0 Å². The van der Waals surface area contributed by atoms with Crippen LogP contribution in [-0.2, 0) is 4.74 Å². The van der Waals surface area contributed by atoms with Crippen molar-refractivity contribution in [2.75, 3.05) is 13.1 Å². The number of nitrogens with one attached hydrogen (secondary N) is 1. The molecule has 0 fully saturated rings. The highest BCUT2D eigenvalue weighted by molar-refractivity contribution is 5.85. The first-order chi connectivity index (χ1) is 9.88. The van der Waals surface area contributed by atoms with Gasteiger partial charge in [-0.15, -0.1) is 12.4 Å². The predicted molar refractivity (Wildman–Crippen MR) is 87.4 cm³/mol. The van der Waals surface area contributed by atoms with Gasteiger partial charge in [0.1, 0.15) is 6.10 Å². The van der Waals surface area contributed by atoms with Crippen LogP contribution in [0.3, 0.4) is 0 Å². The first kappa shape index (κ1) is 15.0. The van der Waals surface area contributed by atoms with Crippen LogP contribution in [0.25, 0.3) is 0 Å². The monoisotopic (exact) mass is 308 g/mol. The second kappa shape index (κ2) is 6.05. The minimum Gasteiger partial charge on any atom is -0.490 e. The molecule has 0 aromatic heterocycles. The van der Waals surface area contributed by atoms with E-state index in [1.807, 2.05) is 12.5 Å². The van der Waals surface area contributed by atoms with Gasteiger partial charge in [-0.3, -0.25) is 4.90 Å². The minimum atomic E-state index is 0. The summed E-state index contributed by atoms with van der Waals surface area (Å²) < 4.78 is 5.99. The summed E-state index contributed by atoms with van der Waals surface area (Å²) in [6.07, 6.45) is 12.6. The van der Waals surface area contributed by atoms with E-state index in [-0.39, 0.29) is 18.5 Å². The second-order valence-corrected chi connectivity index (χ2v) is 6.41. The molecule has 0 saturated carbocycles. The molecular weight excluding hydrogens is 284 g/mol. The zero-order valence-electron chi connectivity index (χ0n) is 12.7. The Bertz CT molecular complexity index is 497. The van der Waals surface area contributed by atoms with E-state index in [0.717, 1.165) is 0 Å². The normalized spacial score (nSPS) is 34.0. The molecule has 4 heteroatoms. The number of rotatable bonds is 2. The third kappa shape index (κ3) is 2.40. The molecule has 0 radical (unpaired) electrons. The standard InChI is InChI=1S/C17H24N2O.ClH/c1-2-9-19-11-12-6-7-14-17(20-10-8-18-14)13-4-3-5-15(19)16(12)13;/h4,8,10,14-15,17-18H,2-3,5-7,9,11H2,1H3;1H. The van der Waals surface area contributed by atoms with Crippen LogP contribution < -0.4 is 5.32 Å². The van der Waals surface area contributed by atoms with Crippen molar-refractivity contribution in [3.63, 3.8) is 0 Å². The molecule has 3 nitrogen and oxygen atoms in total. The Balaban J connectivity index is 0.00000132. The van der Waals surface area contributed by atoms with Gasteiger partial charge in [-0.05, 0) is 49.8 Å². The topological polar surface area (TPSA) is 24.5 Å². The van der Waals surface area contributed by atoms with Crippen molar-refractivity contribution in [1.29, 1.82) is 0 Å². The van der Waals surface area contributed by atoms with Gasteiger partial charge in [-0.2, -0.15) is 0 Å². The molecule has 4 rings (SSSR count). The summed E-state index contributed by atoms with van der Waals surface area (Å²) >= 11 is 0. The molecule has 2 aliphatic carbocycles. The van der Waals surface area contributed by atoms with E-state index in [9.17, 15) is 0 Å². The number of fused-ring (bicyclic) bond motifs is 2. The zero-order valence-corrected chi connectivity index (χ0v) is 13.5. The van der Waals surface area contributed by atoms with Gasteiger partial charge >= 0.3 is 0 Å². The number of hydrogen-bond acceptors (Lipinski definition) is 3. The second-order valence-electron chi connectivity index (χ2n) is 6.41. The highest BCUT2D eigenvalue weighted by atomic mass is 35.5. The lowest BCUT2D eigenvalue weighted by molar-refractivity contribution is 0.117. The average Bonchev–Trinajstić information content (AvgIpc) is 2.75. The van der Waals surface area contributed by atoms with E-state index < -0.39 is 0 Å². The molecule has 21 heavy (non-hydrogen) atoms. The Kier molecular flexibility index (Phi) is 4.32. The summed E-state index contributed by atoms with van der Waals surface area (Å²) in [6.45, 7) is 4.72. The quantitative estimate of drug-likeness (QED) is 0.848. The van der Waals surface area contributed by atoms with Gasteiger partial charge in [-0.1, -0.05) is 18.6 Å². The maximum absolute atomic E-state index is 5.99. The number of halogens is 1. The molecule has 0 aromatic rings. The fourth-order valence-electron chi connectivity index (χ4n) is 4.42. The third-order valence-corrected chi connectivity index (χ3v) is 5.21. The Labute approximate surface area is 133 Å². The molecule has 1 N–H and O–H groups in total. The van der Waals surface area contributed by atoms with Crippen LogP contribution in [-0.4, -0.2) is 36.2 Å². The number of ether oxygens (including phenoxy) is 1. The van der Waals surface area contributed by atoms with Gasteiger partial charge in [0.15, 0.2) is 0 Å². The molecule has 0 amide bonds. The van der Waals surface area contributed by atoms with Crippen molar-refractivity contribution in [2.24, 2.45) is 0 Å².